The molecule has 0 aromatic carbocycles. The Morgan fingerprint density at radius 1 is 1.11 bits per heavy atom. The van der Waals surface area contributed by atoms with Gasteiger partial charge in [-0.15, -0.1) is 0 Å². The van der Waals surface area contributed by atoms with E-state index in [9.17, 15) is 9.59 Å². The molecule has 1 unspecified atom stereocenters. The van der Waals surface area contributed by atoms with Gasteiger partial charge in [0.1, 0.15) is 5.78 Å². The average molecular weight is 386 g/mol. The Bertz CT molecular complexity index is 388. The number of ether oxygens (including phenoxy) is 1. The largest absolute Gasteiger partial charge is 0.400 e. The van der Waals surface area contributed by atoms with Crippen molar-refractivity contribution in [3.8, 4) is 0 Å². The quantitative estimate of drug-likeness (QED) is 0.582. The number of aliphatic hydroxyl groups excluding tert-OH is 1. The number of amides is 1. The summed E-state index contributed by atoms with van der Waals surface area (Å²) in [4.78, 5) is 23.9. The summed E-state index contributed by atoms with van der Waals surface area (Å²) in [7, 11) is 1.00. The highest BCUT2D eigenvalue weighted by Crippen LogP contribution is 2.31. The van der Waals surface area contributed by atoms with E-state index >= 15 is 0 Å². The first kappa shape index (κ1) is 26.1. The number of ketones is 1. The van der Waals surface area contributed by atoms with Gasteiger partial charge in [-0.2, -0.15) is 0 Å². The van der Waals surface area contributed by atoms with Crippen LogP contribution in [0.15, 0.2) is 0 Å². The highest BCUT2D eigenvalue weighted by molar-refractivity contribution is 5.84. The van der Waals surface area contributed by atoms with Gasteiger partial charge in [0.25, 0.3) is 0 Å². The zero-order valence-corrected chi connectivity index (χ0v) is 18.3. The van der Waals surface area contributed by atoms with Gasteiger partial charge >= 0.3 is 0 Å². The summed E-state index contributed by atoms with van der Waals surface area (Å²) in [6.45, 7) is 8.74. The van der Waals surface area contributed by atoms with Gasteiger partial charge in [-0.3, -0.25) is 9.59 Å². The van der Waals surface area contributed by atoms with Crippen molar-refractivity contribution in [1.29, 1.82) is 0 Å². The summed E-state index contributed by atoms with van der Waals surface area (Å²) in [5, 5.41) is 10.0. The van der Waals surface area contributed by atoms with E-state index in [2.05, 4.69) is 12.2 Å². The molecular weight excluding hydrogens is 342 g/mol. The molecule has 5 heteroatoms. The van der Waals surface area contributed by atoms with E-state index < -0.39 is 0 Å². The van der Waals surface area contributed by atoms with E-state index in [1.54, 1.807) is 0 Å². The molecular formula is C22H43NO4. The van der Waals surface area contributed by atoms with Crippen LogP contribution in [0.1, 0.15) is 91.9 Å². The first-order valence-electron chi connectivity index (χ1n) is 11.0. The fraction of sp³-hybridized carbons (Fsp3) is 0.909. The minimum atomic E-state index is 0.108. The molecule has 2 saturated carbocycles. The van der Waals surface area contributed by atoms with Gasteiger partial charge in [-0.05, 0) is 38.5 Å². The van der Waals surface area contributed by atoms with E-state index in [4.69, 9.17) is 9.84 Å². The number of carbonyl (C=O) groups is 2. The molecule has 0 aromatic heterocycles. The SMILES string of the molecule is CC.CCC(C)C(=O)C1CC(NC(=O)CCCOC2CCCCC2)C1.CO. The second kappa shape index (κ2) is 16.1. The van der Waals surface area contributed by atoms with E-state index in [0.717, 1.165) is 32.8 Å². The number of rotatable bonds is 9. The zero-order chi connectivity index (χ0) is 20.7. The van der Waals surface area contributed by atoms with Crippen molar-refractivity contribution in [3.05, 3.63) is 0 Å². The molecule has 5 nitrogen and oxygen atoms in total. The molecule has 0 bridgehead atoms. The standard InChI is InChI=1S/C19H33NO3.C2H6.CH4O/c1-3-14(2)19(22)15-12-16(13-15)20-18(21)10-7-11-23-17-8-5-4-6-9-17;2*1-2/h14-17H,3-13H2,1-2H3,(H,20,21);1-2H3;2H,1H3. The molecule has 0 aliphatic heterocycles. The number of hydrogen-bond donors (Lipinski definition) is 2. The Morgan fingerprint density at radius 3 is 2.26 bits per heavy atom. The maximum atomic E-state index is 12.0. The lowest BCUT2D eigenvalue weighted by Crippen LogP contribution is -2.47. The molecule has 1 atom stereocenters. The van der Waals surface area contributed by atoms with Crippen LogP contribution in [0.4, 0.5) is 0 Å². The van der Waals surface area contributed by atoms with Crippen molar-refractivity contribution in [2.24, 2.45) is 11.8 Å². The molecule has 160 valence electrons. The summed E-state index contributed by atoms with van der Waals surface area (Å²) in [6.07, 6.45) is 10.6. The van der Waals surface area contributed by atoms with Crippen LogP contribution in [-0.2, 0) is 14.3 Å². The van der Waals surface area contributed by atoms with Crippen molar-refractivity contribution in [3.63, 3.8) is 0 Å². The fourth-order valence-corrected chi connectivity index (χ4v) is 3.59. The van der Waals surface area contributed by atoms with Gasteiger partial charge in [0.2, 0.25) is 5.91 Å². The van der Waals surface area contributed by atoms with Gasteiger partial charge in [-0.25, -0.2) is 0 Å². The molecule has 2 fully saturated rings. The van der Waals surface area contributed by atoms with Gasteiger partial charge < -0.3 is 15.2 Å². The van der Waals surface area contributed by atoms with Crippen LogP contribution in [0.2, 0.25) is 0 Å². The van der Waals surface area contributed by atoms with Gasteiger partial charge in [0.05, 0.1) is 6.10 Å². The van der Waals surface area contributed by atoms with E-state index in [-0.39, 0.29) is 23.8 Å². The summed E-state index contributed by atoms with van der Waals surface area (Å²) in [6, 6.07) is 0.208. The molecule has 2 aliphatic rings. The molecule has 1 amide bonds. The maximum absolute atomic E-state index is 12.0. The lowest BCUT2D eigenvalue weighted by Gasteiger charge is -2.36. The average Bonchev–Trinajstić information content (AvgIpc) is 2.70. The summed E-state index contributed by atoms with van der Waals surface area (Å²) < 4.78 is 5.84. The van der Waals surface area contributed by atoms with E-state index in [1.807, 2.05) is 20.8 Å². The normalized spacial score (nSPS) is 22.9. The monoisotopic (exact) mass is 385 g/mol. The first-order valence-corrected chi connectivity index (χ1v) is 11.0. The van der Waals surface area contributed by atoms with Crippen LogP contribution in [0.5, 0.6) is 0 Å². The maximum Gasteiger partial charge on any atom is 0.220 e. The Labute approximate surface area is 166 Å². The molecule has 2 aliphatic carbocycles. The summed E-state index contributed by atoms with van der Waals surface area (Å²) >= 11 is 0. The van der Waals surface area contributed by atoms with Crippen LogP contribution < -0.4 is 5.32 Å². The zero-order valence-electron chi connectivity index (χ0n) is 18.3. The molecule has 2 rings (SSSR count). The molecule has 2 N–H and O–H groups in total. The Morgan fingerprint density at radius 2 is 1.70 bits per heavy atom. The van der Waals surface area contributed by atoms with Crippen molar-refractivity contribution < 1.29 is 19.4 Å². The third-order valence-corrected chi connectivity index (χ3v) is 5.46. The van der Waals surface area contributed by atoms with Gasteiger partial charge in [0.15, 0.2) is 0 Å². The number of Topliss-reactive ketones (excluding diaryl/α,β-unsaturated/α-hetero) is 1. The van der Waals surface area contributed by atoms with Crippen molar-refractivity contribution in [1.82, 2.24) is 5.32 Å². The molecule has 0 aromatic rings. The molecule has 0 spiro atoms. The van der Waals surface area contributed by atoms with Crippen molar-refractivity contribution in [2.45, 2.75) is 104 Å². The molecule has 0 heterocycles. The van der Waals surface area contributed by atoms with Gasteiger partial charge in [-0.1, -0.05) is 47.0 Å². The Kier molecular flexibility index (Phi) is 15.5. The molecule has 0 saturated heterocycles. The van der Waals surface area contributed by atoms with Crippen LogP contribution in [-0.4, -0.2) is 42.7 Å². The minimum absolute atomic E-state index is 0.108. The Balaban J connectivity index is 0.00000158. The highest BCUT2D eigenvalue weighted by Gasteiger charge is 2.36. The second-order valence-corrected chi connectivity index (χ2v) is 7.38. The fourth-order valence-electron chi connectivity index (χ4n) is 3.59. The van der Waals surface area contributed by atoms with E-state index in [0.29, 0.717) is 24.9 Å². The highest BCUT2D eigenvalue weighted by atomic mass is 16.5. The van der Waals surface area contributed by atoms with Crippen LogP contribution in [0.3, 0.4) is 0 Å². The van der Waals surface area contributed by atoms with Crippen molar-refractivity contribution in [2.75, 3.05) is 13.7 Å². The minimum Gasteiger partial charge on any atom is -0.400 e. The second-order valence-electron chi connectivity index (χ2n) is 7.38. The topological polar surface area (TPSA) is 75.6 Å². The third kappa shape index (κ3) is 10.2. The smallest absolute Gasteiger partial charge is 0.220 e. The Hall–Kier alpha value is -0.940. The summed E-state index contributed by atoms with van der Waals surface area (Å²) in [5.74, 6) is 0.814. The van der Waals surface area contributed by atoms with Crippen molar-refractivity contribution >= 4 is 11.7 Å². The lowest BCUT2D eigenvalue weighted by atomic mass is 9.74. The third-order valence-electron chi connectivity index (χ3n) is 5.46. The predicted octanol–water partition coefficient (Wildman–Crippen LogP) is 4.26. The number of nitrogens with one attached hydrogen (secondary N) is 1. The number of carbonyl (C=O) groups excluding carboxylic acids is 2. The predicted molar refractivity (Wildman–Crippen MR) is 111 cm³/mol. The first-order chi connectivity index (χ1) is 13.1. The lowest BCUT2D eigenvalue weighted by molar-refractivity contribution is -0.132. The molecule has 0 radical (unpaired) electrons. The van der Waals surface area contributed by atoms with Crippen LogP contribution in [0.25, 0.3) is 0 Å². The molecule has 27 heavy (non-hydrogen) atoms. The van der Waals surface area contributed by atoms with Crippen LogP contribution in [0, 0.1) is 11.8 Å². The van der Waals surface area contributed by atoms with Gasteiger partial charge in [0, 0.05) is 38.0 Å². The van der Waals surface area contributed by atoms with Crippen LogP contribution >= 0.6 is 0 Å². The number of aliphatic hydroxyl groups is 1. The number of hydrogen-bond acceptors (Lipinski definition) is 4. The summed E-state index contributed by atoms with van der Waals surface area (Å²) in [5.41, 5.74) is 0. The van der Waals surface area contributed by atoms with E-state index in [1.165, 1.54) is 32.1 Å².